The summed E-state index contributed by atoms with van der Waals surface area (Å²) in [5, 5.41) is 0. The van der Waals surface area contributed by atoms with Gasteiger partial charge in [-0.3, -0.25) is 0 Å². The van der Waals surface area contributed by atoms with Gasteiger partial charge in [-0.25, -0.2) is 0 Å². The zero-order valence-electron chi connectivity index (χ0n) is 7.01. The molecule has 0 unspecified atom stereocenters. The van der Waals surface area contributed by atoms with E-state index in [2.05, 4.69) is 28.9 Å². The van der Waals surface area contributed by atoms with Crippen molar-refractivity contribution in [3.05, 3.63) is 33.8 Å². The lowest BCUT2D eigenvalue weighted by molar-refractivity contribution is -0.107. The van der Waals surface area contributed by atoms with Crippen molar-refractivity contribution < 1.29 is 4.79 Å². The SMILES string of the molecule is Cc1cccc(CCC=O)c1Br. The molecule has 0 aliphatic rings. The predicted octanol–water partition coefficient (Wildman–Crippen LogP) is 2.89. The van der Waals surface area contributed by atoms with Gasteiger partial charge in [0.2, 0.25) is 0 Å². The van der Waals surface area contributed by atoms with Crippen LogP contribution in [-0.4, -0.2) is 6.29 Å². The molecule has 0 atom stereocenters. The van der Waals surface area contributed by atoms with Crippen LogP contribution in [0.5, 0.6) is 0 Å². The van der Waals surface area contributed by atoms with E-state index in [9.17, 15) is 4.79 Å². The van der Waals surface area contributed by atoms with Crippen LogP contribution >= 0.6 is 15.9 Å². The summed E-state index contributed by atoms with van der Waals surface area (Å²) in [6.07, 6.45) is 2.38. The summed E-state index contributed by atoms with van der Waals surface area (Å²) < 4.78 is 1.13. The monoisotopic (exact) mass is 226 g/mol. The third-order valence-electron chi connectivity index (χ3n) is 1.80. The first-order chi connectivity index (χ1) is 5.75. The smallest absolute Gasteiger partial charge is 0.120 e. The van der Waals surface area contributed by atoms with Crippen LogP contribution < -0.4 is 0 Å². The van der Waals surface area contributed by atoms with E-state index in [1.54, 1.807) is 0 Å². The van der Waals surface area contributed by atoms with Gasteiger partial charge in [0, 0.05) is 10.9 Å². The molecule has 0 aliphatic heterocycles. The van der Waals surface area contributed by atoms with Gasteiger partial charge in [-0.2, -0.15) is 0 Å². The maximum Gasteiger partial charge on any atom is 0.120 e. The molecule has 0 bridgehead atoms. The van der Waals surface area contributed by atoms with E-state index in [0.717, 1.165) is 17.2 Å². The number of aryl methyl sites for hydroxylation is 2. The van der Waals surface area contributed by atoms with Gasteiger partial charge in [0.15, 0.2) is 0 Å². The Morgan fingerprint density at radius 1 is 1.50 bits per heavy atom. The summed E-state index contributed by atoms with van der Waals surface area (Å²) in [6, 6.07) is 6.11. The molecule has 64 valence electrons. The van der Waals surface area contributed by atoms with Crippen LogP contribution in [0.15, 0.2) is 22.7 Å². The quantitative estimate of drug-likeness (QED) is 0.725. The molecule has 0 saturated heterocycles. The lowest BCUT2D eigenvalue weighted by atomic mass is 10.1. The summed E-state index contributed by atoms with van der Waals surface area (Å²) in [4.78, 5) is 10.2. The van der Waals surface area contributed by atoms with Crippen LogP contribution in [0.1, 0.15) is 17.5 Å². The Labute approximate surface area is 80.9 Å². The number of hydrogen-bond donors (Lipinski definition) is 0. The van der Waals surface area contributed by atoms with Gasteiger partial charge in [-0.1, -0.05) is 34.1 Å². The van der Waals surface area contributed by atoms with E-state index < -0.39 is 0 Å². The van der Waals surface area contributed by atoms with Crippen molar-refractivity contribution in [2.24, 2.45) is 0 Å². The molecule has 0 amide bonds. The third-order valence-corrected chi connectivity index (χ3v) is 2.94. The standard InChI is InChI=1S/C10H11BrO/c1-8-4-2-5-9(10(8)11)6-3-7-12/h2,4-5,7H,3,6H2,1H3. The van der Waals surface area contributed by atoms with Crippen LogP contribution in [0.25, 0.3) is 0 Å². The predicted molar refractivity (Wildman–Crippen MR) is 53.3 cm³/mol. The molecule has 0 N–H and O–H groups in total. The molecule has 0 heterocycles. The van der Waals surface area contributed by atoms with Crippen LogP contribution in [0.4, 0.5) is 0 Å². The highest BCUT2D eigenvalue weighted by Gasteiger charge is 2.00. The molecule has 0 aromatic heterocycles. The molecule has 0 spiro atoms. The zero-order chi connectivity index (χ0) is 8.97. The maximum atomic E-state index is 10.2. The molecule has 1 aromatic carbocycles. The van der Waals surface area contributed by atoms with Crippen molar-refractivity contribution in [3.8, 4) is 0 Å². The second-order valence-corrected chi connectivity index (χ2v) is 3.55. The normalized spacial score (nSPS) is 9.83. The van der Waals surface area contributed by atoms with E-state index in [4.69, 9.17) is 0 Å². The Morgan fingerprint density at radius 2 is 2.25 bits per heavy atom. The van der Waals surface area contributed by atoms with Crippen molar-refractivity contribution in [1.29, 1.82) is 0 Å². The van der Waals surface area contributed by atoms with E-state index in [0.29, 0.717) is 6.42 Å². The van der Waals surface area contributed by atoms with Crippen molar-refractivity contribution >= 4 is 22.2 Å². The number of carbonyl (C=O) groups excluding carboxylic acids is 1. The molecule has 1 aromatic rings. The fourth-order valence-corrected chi connectivity index (χ4v) is 1.58. The molecular weight excluding hydrogens is 216 g/mol. The van der Waals surface area contributed by atoms with E-state index >= 15 is 0 Å². The van der Waals surface area contributed by atoms with Crippen LogP contribution in [0.2, 0.25) is 0 Å². The topological polar surface area (TPSA) is 17.1 Å². The Balaban J connectivity index is 2.84. The van der Waals surface area contributed by atoms with Crippen molar-refractivity contribution in [2.75, 3.05) is 0 Å². The van der Waals surface area contributed by atoms with Gasteiger partial charge < -0.3 is 4.79 Å². The van der Waals surface area contributed by atoms with Crippen LogP contribution in [-0.2, 0) is 11.2 Å². The molecule has 2 heteroatoms. The fourth-order valence-electron chi connectivity index (χ4n) is 1.12. The first-order valence-corrected chi connectivity index (χ1v) is 4.72. The first kappa shape index (κ1) is 9.46. The van der Waals surface area contributed by atoms with Gasteiger partial charge in [-0.15, -0.1) is 0 Å². The molecule has 1 rings (SSSR count). The molecule has 12 heavy (non-hydrogen) atoms. The third kappa shape index (κ3) is 2.18. The average molecular weight is 227 g/mol. The molecule has 0 aliphatic carbocycles. The number of halogens is 1. The van der Waals surface area contributed by atoms with Crippen LogP contribution in [0, 0.1) is 6.92 Å². The highest BCUT2D eigenvalue weighted by atomic mass is 79.9. The van der Waals surface area contributed by atoms with Gasteiger partial charge in [0.05, 0.1) is 0 Å². The van der Waals surface area contributed by atoms with E-state index in [1.807, 2.05) is 12.1 Å². The number of carbonyl (C=O) groups is 1. The minimum absolute atomic E-state index is 0.599. The van der Waals surface area contributed by atoms with E-state index in [-0.39, 0.29) is 0 Å². The Bertz CT molecular complexity index is 281. The summed E-state index contributed by atoms with van der Waals surface area (Å²) >= 11 is 3.49. The second-order valence-electron chi connectivity index (χ2n) is 2.75. The van der Waals surface area contributed by atoms with Gasteiger partial charge in [0.25, 0.3) is 0 Å². The molecular formula is C10H11BrO. The summed E-state index contributed by atoms with van der Waals surface area (Å²) in [7, 11) is 0. The summed E-state index contributed by atoms with van der Waals surface area (Å²) in [5.41, 5.74) is 2.43. The Hall–Kier alpha value is -0.630. The van der Waals surface area contributed by atoms with Crippen molar-refractivity contribution in [1.82, 2.24) is 0 Å². The van der Waals surface area contributed by atoms with Crippen molar-refractivity contribution in [2.45, 2.75) is 19.8 Å². The minimum Gasteiger partial charge on any atom is -0.303 e. The lowest BCUT2D eigenvalue weighted by Gasteiger charge is -2.03. The lowest BCUT2D eigenvalue weighted by Crippen LogP contribution is -1.89. The average Bonchev–Trinajstić information content (AvgIpc) is 2.08. The Morgan fingerprint density at radius 3 is 2.92 bits per heavy atom. The van der Waals surface area contributed by atoms with Gasteiger partial charge in [0.1, 0.15) is 6.29 Å². The number of aldehydes is 1. The minimum atomic E-state index is 0.599. The fraction of sp³-hybridized carbons (Fsp3) is 0.300. The number of rotatable bonds is 3. The molecule has 0 fully saturated rings. The Kier molecular flexibility index (Phi) is 3.48. The summed E-state index contributed by atoms with van der Waals surface area (Å²) in [5.74, 6) is 0. The highest BCUT2D eigenvalue weighted by Crippen LogP contribution is 2.21. The summed E-state index contributed by atoms with van der Waals surface area (Å²) in [6.45, 7) is 2.05. The van der Waals surface area contributed by atoms with Gasteiger partial charge in [-0.05, 0) is 24.5 Å². The van der Waals surface area contributed by atoms with Gasteiger partial charge >= 0.3 is 0 Å². The highest BCUT2D eigenvalue weighted by molar-refractivity contribution is 9.10. The first-order valence-electron chi connectivity index (χ1n) is 3.93. The maximum absolute atomic E-state index is 10.2. The van der Waals surface area contributed by atoms with Crippen molar-refractivity contribution in [3.63, 3.8) is 0 Å². The van der Waals surface area contributed by atoms with E-state index in [1.165, 1.54) is 11.1 Å². The number of hydrogen-bond acceptors (Lipinski definition) is 1. The number of benzene rings is 1. The molecule has 0 saturated carbocycles. The zero-order valence-corrected chi connectivity index (χ0v) is 8.60. The largest absolute Gasteiger partial charge is 0.303 e. The second kappa shape index (κ2) is 4.41. The molecule has 0 radical (unpaired) electrons. The molecule has 1 nitrogen and oxygen atoms in total. The van der Waals surface area contributed by atoms with Crippen LogP contribution in [0.3, 0.4) is 0 Å².